The number of primary amides is 2. The van der Waals surface area contributed by atoms with Gasteiger partial charge >= 0.3 is 12.1 Å². The molecule has 0 aliphatic rings. The summed E-state index contributed by atoms with van der Waals surface area (Å²) < 4.78 is 0. The molecule has 128 valence electrons. The van der Waals surface area contributed by atoms with Crippen molar-refractivity contribution in [2.75, 3.05) is 0 Å². The van der Waals surface area contributed by atoms with Gasteiger partial charge in [-0.1, -0.05) is 60.7 Å². The van der Waals surface area contributed by atoms with Gasteiger partial charge in [-0.2, -0.15) is 10.2 Å². The second-order valence-corrected chi connectivity index (χ2v) is 4.98. The summed E-state index contributed by atoms with van der Waals surface area (Å²) in [5.74, 6) is 0. The number of urea groups is 2. The molecular weight excluding hydrogens is 320 g/mol. The molecule has 8 nitrogen and oxygen atoms in total. The van der Waals surface area contributed by atoms with Crippen molar-refractivity contribution in [2.45, 2.75) is 6.42 Å². The summed E-state index contributed by atoms with van der Waals surface area (Å²) >= 11 is 0. The summed E-state index contributed by atoms with van der Waals surface area (Å²) in [6.45, 7) is 0. The van der Waals surface area contributed by atoms with E-state index >= 15 is 0 Å². The average molecular weight is 338 g/mol. The van der Waals surface area contributed by atoms with Crippen molar-refractivity contribution in [2.24, 2.45) is 21.7 Å². The highest BCUT2D eigenvalue weighted by Gasteiger charge is 2.12. The number of nitrogens with one attached hydrogen (secondary N) is 2. The predicted octanol–water partition coefficient (Wildman–Crippen LogP) is 1.52. The number of hydrazone groups is 2. The molecule has 0 aliphatic carbocycles. The lowest BCUT2D eigenvalue weighted by Crippen LogP contribution is -2.28. The number of benzene rings is 2. The highest BCUT2D eigenvalue weighted by atomic mass is 16.2. The van der Waals surface area contributed by atoms with Crippen molar-refractivity contribution in [3.63, 3.8) is 0 Å². The van der Waals surface area contributed by atoms with Gasteiger partial charge in [-0.25, -0.2) is 20.4 Å². The summed E-state index contributed by atoms with van der Waals surface area (Å²) in [4.78, 5) is 22.0. The molecule has 8 heteroatoms. The second-order valence-electron chi connectivity index (χ2n) is 4.98. The first-order valence-electron chi connectivity index (χ1n) is 7.41. The van der Waals surface area contributed by atoms with Gasteiger partial charge in [-0.05, 0) is 11.1 Å². The molecule has 0 fully saturated rings. The first-order chi connectivity index (χ1) is 12.1. The summed E-state index contributed by atoms with van der Waals surface area (Å²) in [5, 5.41) is 8.11. The number of hydrogen-bond donors (Lipinski definition) is 4. The molecular formula is C17H18N6O2. The van der Waals surface area contributed by atoms with Gasteiger partial charge in [0, 0.05) is 6.42 Å². The van der Waals surface area contributed by atoms with Crippen LogP contribution < -0.4 is 22.3 Å². The molecule has 6 N–H and O–H groups in total. The maximum absolute atomic E-state index is 11.0. The number of carbonyl (C=O) groups is 2. The fourth-order valence-corrected chi connectivity index (χ4v) is 2.08. The van der Waals surface area contributed by atoms with Crippen LogP contribution in [0.3, 0.4) is 0 Å². The molecule has 0 bridgehead atoms. The maximum Gasteiger partial charge on any atom is 0.332 e. The Morgan fingerprint density at radius 1 is 0.720 bits per heavy atom. The van der Waals surface area contributed by atoms with Crippen LogP contribution in [-0.4, -0.2) is 23.5 Å². The third-order valence-electron chi connectivity index (χ3n) is 3.15. The van der Waals surface area contributed by atoms with E-state index in [1.807, 2.05) is 60.7 Å². The Kier molecular flexibility index (Phi) is 6.24. The number of nitrogens with two attached hydrogens (primary N) is 2. The first-order valence-corrected chi connectivity index (χ1v) is 7.41. The highest BCUT2D eigenvalue weighted by Crippen LogP contribution is 2.10. The minimum absolute atomic E-state index is 0.231. The molecule has 2 rings (SSSR count). The van der Waals surface area contributed by atoms with Crippen LogP contribution in [0.4, 0.5) is 9.59 Å². The number of amides is 4. The lowest BCUT2D eigenvalue weighted by Gasteiger charge is -2.10. The molecule has 0 unspecified atom stereocenters. The summed E-state index contributed by atoms with van der Waals surface area (Å²) in [5.41, 5.74) is 17.2. The summed E-state index contributed by atoms with van der Waals surface area (Å²) in [6, 6.07) is 16.9. The lowest BCUT2D eigenvalue weighted by atomic mass is 10.0. The van der Waals surface area contributed by atoms with Gasteiger partial charge in [-0.15, -0.1) is 0 Å². The lowest BCUT2D eigenvalue weighted by molar-refractivity contribution is 0.248. The molecule has 0 aliphatic heterocycles. The monoisotopic (exact) mass is 338 g/mol. The van der Waals surface area contributed by atoms with Crippen LogP contribution in [0.25, 0.3) is 0 Å². The average Bonchev–Trinajstić information content (AvgIpc) is 2.62. The van der Waals surface area contributed by atoms with Crippen LogP contribution in [0.15, 0.2) is 70.9 Å². The van der Waals surface area contributed by atoms with Gasteiger partial charge in [0.05, 0.1) is 11.4 Å². The summed E-state index contributed by atoms with van der Waals surface area (Å²) in [7, 11) is 0. The Morgan fingerprint density at radius 3 is 1.40 bits per heavy atom. The number of nitrogens with zero attached hydrogens (tertiary/aromatic N) is 2. The van der Waals surface area contributed by atoms with E-state index in [-0.39, 0.29) is 6.42 Å². The molecule has 4 amide bonds. The van der Waals surface area contributed by atoms with E-state index in [1.165, 1.54) is 0 Å². The Bertz CT molecular complexity index is 720. The zero-order valence-electron chi connectivity index (χ0n) is 13.3. The molecule has 0 atom stereocenters. The second kappa shape index (κ2) is 8.82. The van der Waals surface area contributed by atoms with Crippen LogP contribution >= 0.6 is 0 Å². The zero-order chi connectivity index (χ0) is 18.1. The van der Waals surface area contributed by atoms with E-state index in [0.29, 0.717) is 11.4 Å². The van der Waals surface area contributed by atoms with Crippen molar-refractivity contribution in [1.29, 1.82) is 0 Å². The van der Waals surface area contributed by atoms with Crippen molar-refractivity contribution in [3.05, 3.63) is 71.8 Å². The maximum atomic E-state index is 11.0. The third kappa shape index (κ3) is 5.79. The first kappa shape index (κ1) is 17.7. The number of rotatable bonds is 6. The topological polar surface area (TPSA) is 135 Å². The van der Waals surface area contributed by atoms with Crippen LogP contribution in [-0.2, 0) is 0 Å². The minimum atomic E-state index is -0.776. The number of carbonyl (C=O) groups excluding carboxylic acids is 2. The van der Waals surface area contributed by atoms with Gasteiger partial charge in [0.25, 0.3) is 0 Å². The van der Waals surface area contributed by atoms with Crippen LogP contribution in [0, 0.1) is 0 Å². The van der Waals surface area contributed by atoms with Crippen molar-refractivity contribution >= 4 is 23.5 Å². The molecule has 0 spiro atoms. The normalized spacial score (nSPS) is 11.7. The Morgan fingerprint density at radius 2 is 1.08 bits per heavy atom. The number of hydrogen-bond acceptors (Lipinski definition) is 4. The summed E-state index contributed by atoms with van der Waals surface area (Å²) in [6.07, 6.45) is 0.231. The Balaban J connectivity index is 2.37. The smallest absolute Gasteiger partial charge is 0.332 e. The predicted molar refractivity (Wildman–Crippen MR) is 96.0 cm³/mol. The van der Waals surface area contributed by atoms with Crippen molar-refractivity contribution < 1.29 is 9.59 Å². The van der Waals surface area contributed by atoms with Crippen molar-refractivity contribution in [1.82, 2.24) is 10.9 Å². The largest absolute Gasteiger partial charge is 0.350 e. The van der Waals surface area contributed by atoms with E-state index < -0.39 is 12.1 Å². The van der Waals surface area contributed by atoms with E-state index in [2.05, 4.69) is 21.1 Å². The SMILES string of the molecule is NC(=O)NN=C(CC(=NNC(N)=O)c1ccccc1)c1ccccc1. The molecule has 0 heterocycles. The van der Waals surface area contributed by atoms with E-state index in [9.17, 15) is 9.59 Å². The highest BCUT2D eigenvalue weighted by molar-refractivity contribution is 6.18. The molecule has 0 radical (unpaired) electrons. The van der Waals surface area contributed by atoms with Gasteiger partial charge in [0.15, 0.2) is 0 Å². The third-order valence-corrected chi connectivity index (χ3v) is 3.15. The van der Waals surface area contributed by atoms with Crippen LogP contribution in [0.5, 0.6) is 0 Å². The Hall–Kier alpha value is -3.68. The van der Waals surface area contributed by atoms with Gasteiger partial charge in [0.2, 0.25) is 0 Å². The van der Waals surface area contributed by atoms with E-state index in [0.717, 1.165) is 11.1 Å². The fraction of sp³-hybridized carbons (Fsp3) is 0.0588. The molecule has 0 saturated carbocycles. The standard InChI is InChI=1S/C17H18N6O2/c18-16(24)22-20-14(12-7-3-1-4-8-12)11-15(21-23-17(19)25)13-9-5-2-6-10-13/h1-10H,11H2,(H3,18,22,24)(H3,19,23,25). The molecule has 2 aromatic rings. The fourth-order valence-electron chi connectivity index (χ4n) is 2.08. The molecule has 25 heavy (non-hydrogen) atoms. The zero-order valence-corrected chi connectivity index (χ0v) is 13.3. The van der Waals surface area contributed by atoms with Crippen LogP contribution in [0.1, 0.15) is 17.5 Å². The van der Waals surface area contributed by atoms with Crippen molar-refractivity contribution in [3.8, 4) is 0 Å². The van der Waals surface area contributed by atoms with Gasteiger partial charge in [-0.3, -0.25) is 0 Å². The quantitative estimate of drug-likeness (QED) is 0.469. The van der Waals surface area contributed by atoms with E-state index in [1.54, 1.807) is 0 Å². The van der Waals surface area contributed by atoms with Crippen LogP contribution in [0.2, 0.25) is 0 Å². The molecule has 2 aromatic carbocycles. The molecule has 0 aromatic heterocycles. The van der Waals surface area contributed by atoms with E-state index in [4.69, 9.17) is 11.5 Å². The molecule has 0 saturated heterocycles. The van der Waals surface area contributed by atoms with Gasteiger partial charge in [0.1, 0.15) is 0 Å². The minimum Gasteiger partial charge on any atom is -0.350 e. The van der Waals surface area contributed by atoms with Gasteiger partial charge < -0.3 is 11.5 Å². The Labute approximate surface area is 144 Å².